The Hall–Kier alpha value is -3.52. The van der Waals surface area contributed by atoms with Gasteiger partial charge in [-0.3, -0.25) is 14.5 Å². The molecule has 190 valence electrons. The molecule has 8 heteroatoms. The Morgan fingerprint density at radius 2 is 1.86 bits per heavy atom. The second-order valence-corrected chi connectivity index (χ2v) is 9.56. The Labute approximate surface area is 211 Å². The van der Waals surface area contributed by atoms with Crippen molar-refractivity contribution in [3.8, 4) is 17.2 Å². The number of piperidine rings is 1. The van der Waals surface area contributed by atoms with Crippen molar-refractivity contribution in [2.75, 3.05) is 37.9 Å². The molecular weight excluding hydrogens is 458 g/mol. The van der Waals surface area contributed by atoms with Crippen LogP contribution in [-0.2, 0) is 16.1 Å². The second-order valence-electron chi connectivity index (χ2n) is 9.56. The van der Waals surface area contributed by atoms with Crippen molar-refractivity contribution < 1.29 is 23.8 Å². The Balaban J connectivity index is 1.29. The third-order valence-electron chi connectivity index (χ3n) is 6.87. The maximum atomic E-state index is 13.7. The third kappa shape index (κ3) is 5.82. The summed E-state index contributed by atoms with van der Waals surface area (Å²) in [5.41, 5.74) is 1.64. The molecule has 8 nitrogen and oxygen atoms in total. The van der Waals surface area contributed by atoms with Crippen LogP contribution in [0.15, 0.2) is 55.1 Å². The Morgan fingerprint density at radius 1 is 1.08 bits per heavy atom. The SMILES string of the molecule is C=CCOc1ccccc1CN(C(=O)CN1CCC(C(=O)NC2CC2)CC1)c1ccc2c(c1)OCO2. The van der Waals surface area contributed by atoms with Gasteiger partial charge in [0.05, 0.1) is 13.1 Å². The molecule has 2 fully saturated rings. The molecule has 1 N–H and O–H groups in total. The molecule has 3 aliphatic rings. The number of rotatable bonds is 10. The molecule has 36 heavy (non-hydrogen) atoms. The molecule has 0 radical (unpaired) electrons. The zero-order chi connectivity index (χ0) is 24.9. The molecular formula is C28H33N3O5. The first-order valence-corrected chi connectivity index (χ1v) is 12.6. The van der Waals surface area contributed by atoms with Crippen LogP contribution in [0.25, 0.3) is 0 Å². The topological polar surface area (TPSA) is 80.3 Å². The lowest BCUT2D eigenvalue weighted by Gasteiger charge is -2.33. The molecule has 2 amide bonds. The fourth-order valence-electron chi connectivity index (χ4n) is 4.65. The minimum absolute atomic E-state index is 0.0201. The summed E-state index contributed by atoms with van der Waals surface area (Å²) in [6, 6.07) is 13.7. The van der Waals surface area contributed by atoms with Crippen molar-refractivity contribution >= 4 is 17.5 Å². The van der Waals surface area contributed by atoms with Gasteiger partial charge in [0.25, 0.3) is 0 Å². The Kier molecular flexibility index (Phi) is 7.41. The number of hydrogen-bond donors (Lipinski definition) is 1. The van der Waals surface area contributed by atoms with Gasteiger partial charge in [-0.1, -0.05) is 30.9 Å². The van der Waals surface area contributed by atoms with E-state index < -0.39 is 0 Å². The van der Waals surface area contributed by atoms with Gasteiger partial charge in [-0.25, -0.2) is 0 Å². The normalized spacial score (nSPS) is 17.4. The number of carbonyl (C=O) groups is 2. The molecule has 2 aliphatic heterocycles. The van der Waals surface area contributed by atoms with E-state index in [1.54, 1.807) is 11.0 Å². The maximum Gasteiger partial charge on any atom is 0.241 e. The molecule has 2 aromatic rings. The number of anilines is 1. The average molecular weight is 492 g/mol. The highest BCUT2D eigenvalue weighted by molar-refractivity contribution is 5.95. The van der Waals surface area contributed by atoms with Crippen molar-refractivity contribution in [3.63, 3.8) is 0 Å². The summed E-state index contributed by atoms with van der Waals surface area (Å²) >= 11 is 0. The van der Waals surface area contributed by atoms with Gasteiger partial charge in [0.2, 0.25) is 18.6 Å². The van der Waals surface area contributed by atoms with E-state index in [-0.39, 0.29) is 31.1 Å². The van der Waals surface area contributed by atoms with E-state index in [9.17, 15) is 9.59 Å². The summed E-state index contributed by atoms with van der Waals surface area (Å²) in [6.07, 6.45) is 5.43. The number of hydrogen-bond acceptors (Lipinski definition) is 6. The molecule has 1 saturated carbocycles. The van der Waals surface area contributed by atoms with Gasteiger partial charge in [0.15, 0.2) is 11.5 Å². The van der Waals surface area contributed by atoms with Crippen LogP contribution in [0, 0.1) is 5.92 Å². The van der Waals surface area contributed by atoms with Crippen molar-refractivity contribution in [2.45, 2.75) is 38.3 Å². The van der Waals surface area contributed by atoms with Gasteiger partial charge in [-0.15, -0.1) is 0 Å². The zero-order valence-electron chi connectivity index (χ0n) is 20.5. The molecule has 0 bridgehead atoms. The monoisotopic (exact) mass is 491 g/mol. The number of carbonyl (C=O) groups excluding carboxylic acids is 2. The molecule has 2 aromatic carbocycles. The van der Waals surface area contributed by atoms with Gasteiger partial charge in [-0.2, -0.15) is 0 Å². The number of para-hydroxylation sites is 1. The molecule has 1 saturated heterocycles. The van der Waals surface area contributed by atoms with E-state index in [4.69, 9.17) is 14.2 Å². The quantitative estimate of drug-likeness (QED) is 0.513. The lowest BCUT2D eigenvalue weighted by Crippen LogP contribution is -2.45. The number of nitrogens with zero attached hydrogens (tertiary/aromatic N) is 2. The lowest BCUT2D eigenvalue weighted by atomic mass is 9.96. The molecule has 0 atom stereocenters. The van der Waals surface area contributed by atoms with Gasteiger partial charge in [0, 0.05) is 29.3 Å². The summed E-state index contributed by atoms with van der Waals surface area (Å²) in [5.74, 6) is 2.21. The highest BCUT2D eigenvalue weighted by Crippen LogP contribution is 2.36. The summed E-state index contributed by atoms with van der Waals surface area (Å²) < 4.78 is 16.9. The predicted molar refractivity (Wildman–Crippen MR) is 136 cm³/mol. The van der Waals surface area contributed by atoms with Crippen LogP contribution in [0.3, 0.4) is 0 Å². The summed E-state index contributed by atoms with van der Waals surface area (Å²) in [4.78, 5) is 30.0. The number of fused-ring (bicyclic) bond motifs is 1. The van der Waals surface area contributed by atoms with Gasteiger partial charge >= 0.3 is 0 Å². The van der Waals surface area contributed by atoms with Crippen LogP contribution in [0.2, 0.25) is 0 Å². The zero-order valence-corrected chi connectivity index (χ0v) is 20.5. The first-order valence-electron chi connectivity index (χ1n) is 12.6. The van der Waals surface area contributed by atoms with Crippen molar-refractivity contribution in [3.05, 3.63) is 60.7 Å². The lowest BCUT2D eigenvalue weighted by molar-refractivity contribution is -0.126. The van der Waals surface area contributed by atoms with Crippen LogP contribution in [0.1, 0.15) is 31.2 Å². The van der Waals surface area contributed by atoms with E-state index in [0.29, 0.717) is 30.7 Å². The third-order valence-corrected chi connectivity index (χ3v) is 6.87. The van der Waals surface area contributed by atoms with E-state index in [0.717, 1.165) is 55.8 Å². The average Bonchev–Trinajstić information content (AvgIpc) is 3.59. The number of likely N-dealkylation sites (tertiary alicyclic amines) is 1. The van der Waals surface area contributed by atoms with Crippen LogP contribution in [0.5, 0.6) is 17.2 Å². The van der Waals surface area contributed by atoms with Crippen LogP contribution in [-0.4, -0.2) is 55.8 Å². The fourth-order valence-corrected chi connectivity index (χ4v) is 4.65. The molecule has 5 rings (SSSR count). The van der Waals surface area contributed by atoms with Crippen molar-refractivity contribution in [1.29, 1.82) is 0 Å². The van der Waals surface area contributed by atoms with Crippen LogP contribution >= 0.6 is 0 Å². The largest absolute Gasteiger partial charge is 0.489 e. The predicted octanol–water partition coefficient (Wildman–Crippen LogP) is 3.50. The molecule has 0 aromatic heterocycles. The standard InChI is InChI=1S/C28H33N3O5/c1-2-15-34-24-6-4-3-5-21(24)17-31(23-9-10-25-26(16-23)36-19-35-25)27(32)18-30-13-11-20(12-14-30)28(33)29-22-7-8-22/h2-6,9-10,16,20,22H,1,7-8,11-15,17-19H2,(H,29,33). The molecule has 2 heterocycles. The summed E-state index contributed by atoms with van der Waals surface area (Å²) in [7, 11) is 0. The minimum atomic E-state index is -0.0201. The van der Waals surface area contributed by atoms with E-state index >= 15 is 0 Å². The second kappa shape index (κ2) is 11.0. The highest BCUT2D eigenvalue weighted by Gasteiger charge is 2.31. The van der Waals surface area contributed by atoms with Gasteiger partial charge in [-0.05, 0) is 57.0 Å². The number of nitrogens with one attached hydrogen (secondary N) is 1. The Bertz CT molecular complexity index is 1110. The van der Waals surface area contributed by atoms with Gasteiger partial charge < -0.3 is 24.4 Å². The first-order chi connectivity index (χ1) is 17.6. The number of benzene rings is 2. The number of amides is 2. The van der Waals surface area contributed by atoms with Crippen LogP contribution in [0.4, 0.5) is 5.69 Å². The molecule has 0 spiro atoms. The number of ether oxygens (including phenoxy) is 3. The molecule has 0 unspecified atom stereocenters. The van der Waals surface area contributed by atoms with E-state index in [1.165, 1.54) is 0 Å². The summed E-state index contributed by atoms with van der Waals surface area (Å²) in [6.45, 7) is 6.37. The van der Waals surface area contributed by atoms with E-state index in [2.05, 4.69) is 16.8 Å². The Morgan fingerprint density at radius 3 is 2.64 bits per heavy atom. The summed E-state index contributed by atoms with van der Waals surface area (Å²) in [5, 5.41) is 3.11. The highest BCUT2D eigenvalue weighted by atomic mass is 16.7. The van der Waals surface area contributed by atoms with Crippen molar-refractivity contribution in [1.82, 2.24) is 10.2 Å². The fraction of sp³-hybridized carbons (Fsp3) is 0.429. The molecule has 1 aliphatic carbocycles. The maximum absolute atomic E-state index is 13.7. The minimum Gasteiger partial charge on any atom is -0.489 e. The smallest absolute Gasteiger partial charge is 0.241 e. The first kappa shape index (κ1) is 24.2. The van der Waals surface area contributed by atoms with Crippen molar-refractivity contribution in [2.24, 2.45) is 5.92 Å². The van der Waals surface area contributed by atoms with Crippen LogP contribution < -0.4 is 24.4 Å². The van der Waals surface area contributed by atoms with E-state index in [1.807, 2.05) is 42.5 Å². The van der Waals surface area contributed by atoms with Gasteiger partial charge in [0.1, 0.15) is 12.4 Å².